The molecule has 0 aliphatic heterocycles. The second-order valence-electron chi connectivity index (χ2n) is 5.83. The first-order valence-corrected chi connectivity index (χ1v) is 7.33. The lowest BCUT2D eigenvalue weighted by molar-refractivity contribution is -0.147. The predicted molar refractivity (Wildman–Crippen MR) is 69.0 cm³/mol. The van der Waals surface area contributed by atoms with E-state index in [1.54, 1.807) is 7.11 Å². The van der Waals surface area contributed by atoms with Gasteiger partial charge in [0.1, 0.15) is 5.60 Å². The Labute approximate surface area is 105 Å². The van der Waals surface area contributed by atoms with Crippen LogP contribution in [0.25, 0.3) is 0 Å². The van der Waals surface area contributed by atoms with Crippen molar-refractivity contribution in [3.8, 4) is 0 Å². The molecule has 2 unspecified atom stereocenters. The Hall–Kier alpha value is -0.370. The average Bonchev–Trinajstić information content (AvgIpc) is 2.88. The fourth-order valence-corrected chi connectivity index (χ4v) is 3.88. The van der Waals surface area contributed by atoms with Crippen molar-refractivity contribution < 1.29 is 9.53 Å². The molecule has 0 spiro atoms. The van der Waals surface area contributed by atoms with E-state index in [0.29, 0.717) is 11.7 Å². The molecule has 0 aromatic carbocycles. The zero-order valence-corrected chi connectivity index (χ0v) is 11.3. The lowest BCUT2D eigenvalue weighted by atomic mass is 9.71. The van der Waals surface area contributed by atoms with Crippen LogP contribution in [-0.2, 0) is 9.53 Å². The van der Waals surface area contributed by atoms with Crippen molar-refractivity contribution in [3.63, 3.8) is 0 Å². The molecule has 0 aromatic rings. The Kier molecular flexibility index (Phi) is 4.24. The Morgan fingerprint density at radius 2 is 1.82 bits per heavy atom. The monoisotopic (exact) mass is 238 g/mol. The average molecular weight is 238 g/mol. The van der Waals surface area contributed by atoms with Crippen molar-refractivity contribution in [2.75, 3.05) is 7.11 Å². The van der Waals surface area contributed by atoms with Gasteiger partial charge in [0.25, 0.3) is 0 Å². The maximum Gasteiger partial charge on any atom is 0.167 e. The molecule has 2 atom stereocenters. The molecule has 2 aliphatic rings. The number of ether oxygens (including phenoxy) is 1. The quantitative estimate of drug-likeness (QED) is 0.746. The Morgan fingerprint density at radius 1 is 1.18 bits per heavy atom. The normalized spacial score (nSPS) is 32.6. The van der Waals surface area contributed by atoms with Crippen molar-refractivity contribution >= 4 is 5.78 Å². The third-order valence-corrected chi connectivity index (χ3v) is 5.02. The summed E-state index contributed by atoms with van der Waals surface area (Å²) in [5.41, 5.74) is -0.407. The van der Waals surface area contributed by atoms with Crippen LogP contribution in [0.15, 0.2) is 0 Å². The molecule has 0 aromatic heterocycles. The molecule has 2 fully saturated rings. The van der Waals surface area contributed by atoms with Crippen molar-refractivity contribution in [2.24, 2.45) is 11.8 Å². The second-order valence-corrected chi connectivity index (χ2v) is 5.83. The largest absolute Gasteiger partial charge is 0.370 e. The maximum absolute atomic E-state index is 12.8. The molecule has 0 N–H and O–H groups in total. The Morgan fingerprint density at radius 3 is 2.41 bits per heavy atom. The molecule has 0 heterocycles. The summed E-state index contributed by atoms with van der Waals surface area (Å²) in [7, 11) is 1.73. The van der Waals surface area contributed by atoms with Crippen molar-refractivity contribution in [2.45, 2.75) is 70.3 Å². The number of Topliss-reactive ketones (excluding diaryl/α,β-unsaturated/α-hetero) is 1. The molecule has 0 radical (unpaired) electrons. The fourth-order valence-electron chi connectivity index (χ4n) is 3.88. The van der Waals surface area contributed by atoms with E-state index in [2.05, 4.69) is 6.92 Å². The zero-order chi connectivity index (χ0) is 12.3. The number of hydrogen-bond donors (Lipinski definition) is 0. The van der Waals surface area contributed by atoms with Gasteiger partial charge in [0.05, 0.1) is 0 Å². The van der Waals surface area contributed by atoms with Gasteiger partial charge < -0.3 is 4.74 Å². The third-order valence-electron chi connectivity index (χ3n) is 5.02. The molecule has 2 heteroatoms. The molecule has 0 bridgehead atoms. The fraction of sp³-hybridized carbons (Fsp3) is 0.933. The molecule has 2 rings (SSSR count). The van der Waals surface area contributed by atoms with Crippen LogP contribution in [0.1, 0.15) is 64.7 Å². The summed E-state index contributed by atoms with van der Waals surface area (Å²) in [6, 6.07) is 0. The predicted octanol–water partition coefficient (Wildman–Crippen LogP) is 3.73. The Bertz CT molecular complexity index is 266. The van der Waals surface area contributed by atoms with Gasteiger partial charge in [-0.05, 0) is 44.4 Å². The minimum absolute atomic E-state index is 0.284. The van der Waals surface area contributed by atoms with Crippen LogP contribution in [0, 0.1) is 11.8 Å². The van der Waals surface area contributed by atoms with E-state index >= 15 is 0 Å². The van der Waals surface area contributed by atoms with Gasteiger partial charge in [-0.3, -0.25) is 4.79 Å². The van der Waals surface area contributed by atoms with Crippen LogP contribution in [-0.4, -0.2) is 18.5 Å². The van der Waals surface area contributed by atoms with Gasteiger partial charge in [0.2, 0.25) is 0 Å². The first-order valence-electron chi connectivity index (χ1n) is 7.33. The molecule has 2 saturated carbocycles. The summed E-state index contributed by atoms with van der Waals surface area (Å²) in [4.78, 5) is 12.8. The van der Waals surface area contributed by atoms with Gasteiger partial charge in [-0.1, -0.05) is 26.2 Å². The lowest BCUT2D eigenvalue weighted by Crippen LogP contribution is -2.45. The molecular weight excluding hydrogens is 212 g/mol. The number of hydrogen-bond acceptors (Lipinski definition) is 2. The summed E-state index contributed by atoms with van der Waals surface area (Å²) < 4.78 is 5.66. The topological polar surface area (TPSA) is 26.3 Å². The van der Waals surface area contributed by atoms with E-state index in [1.807, 2.05) is 0 Å². The Balaban J connectivity index is 2.11. The number of methoxy groups -OCH3 is 1. The number of carbonyl (C=O) groups excluding carboxylic acids is 1. The minimum atomic E-state index is -0.407. The summed E-state index contributed by atoms with van der Waals surface area (Å²) in [6.07, 6.45) is 10.2. The minimum Gasteiger partial charge on any atom is -0.370 e. The van der Waals surface area contributed by atoms with E-state index in [-0.39, 0.29) is 5.92 Å². The molecule has 0 saturated heterocycles. The van der Waals surface area contributed by atoms with Crippen LogP contribution >= 0.6 is 0 Å². The van der Waals surface area contributed by atoms with E-state index in [1.165, 1.54) is 19.3 Å². The number of ketones is 1. The summed E-state index contributed by atoms with van der Waals surface area (Å²) in [5.74, 6) is 1.33. The molecule has 2 aliphatic carbocycles. The van der Waals surface area contributed by atoms with Gasteiger partial charge >= 0.3 is 0 Å². The molecule has 98 valence electrons. The van der Waals surface area contributed by atoms with Crippen LogP contribution in [0.3, 0.4) is 0 Å². The van der Waals surface area contributed by atoms with Gasteiger partial charge in [-0.15, -0.1) is 0 Å². The van der Waals surface area contributed by atoms with Gasteiger partial charge in [0, 0.05) is 13.0 Å². The number of carbonyl (C=O) groups is 1. The van der Waals surface area contributed by atoms with Gasteiger partial charge in [-0.25, -0.2) is 0 Å². The highest BCUT2D eigenvalue weighted by molar-refractivity contribution is 5.90. The van der Waals surface area contributed by atoms with Crippen LogP contribution in [0.4, 0.5) is 0 Å². The van der Waals surface area contributed by atoms with Crippen LogP contribution in [0.2, 0.25) is 0 Å². The zero-order valence-electron chi connectivity index (χ0n) is 11.3. The maximum atomic E-state index is 12.8. The third kappa shape index (κ3) is 2.42. The van der Waals surface area contributed by atoms with Crippen molar-refractivity contribution in [1.29, 1.82) is 0 Å². The smallest absolute Gasteiger partial charge is 0.167 e. The first-order chi connectivity index (χ1) is 8.23. The van der Waals surface area contributed by atoms with Crippen LogP contribution in [0.5, 0.6) is 0 Å². The van der Waals surface area contributed by atoms with Gasteiger partial charge in [-0.2, -0.15) is 0 Å². The summed E-state index contributed by atoms with van der Waals surface area (Å²) in [5, 5.41) is 0. The van der Waals surface area contributed by atoms with Crippen molar-refractivity contribution in [1.82, 2.24) is 0 Å². The molecule has 17 heavy (non-hydrogen) atoms. The highest BCUT2D eigenvalue weighted by Crippen LogP contribution is 2.41. The molecular formula is C15H26O2. The second kappa shape index (κ2) is 5.51. The van der Waals surface area contributed by atoms with E-state index < -0.39 is 5.60 Å². The lowest BCUT2D eigenvalue weighted by Gasteiger charge is -2.36. The summed E-state index contributed by atoms with van der Waals surface area (Å²) >= 11 is 0. The van der Waals surface area contributed by atoms with E-state index in [4.69, 9.17) is 4.74 Å². The highest BCUT2D eigenvalue weighted by Gasteiger charge is 2.46. The molecule has 2 nitrogen and oxygen atoms in total. The highest BCUT2D eigenvalue weighted by atomic mass is 16.5. The molecule has 0 amide bonds. The van der Waals surface area contributed by atoms with Gasteiger partial charge in [0.15, 0.2) is 5.78 Å². The first kappa shape index (κ1) is 13.1. The standard InChI is InChI=1S/C15H26O2/c1-3-12-8-4-5-9-13(12)14(16)15(17-2)10-6-7-11-15/h12-13H,3-11H2,1-2H3. The van der Waals surface area contributed by atoms with E-state index in [0.717, 1.165) is 38.5 Å². The summed E-state index contributed by atoms with van der Waals surface area (Å²) in [6.45, 7) is 2.23. The van der Waals surface area contributed by atoms with E-state index in [9.17, 15) is 4.79 Å². The van der Waals surface area contributed by atoms with Crippen molar-refractivity contribution in [3.05, 3.63) is 0 Å². The van der Waals surface area contributed by atoms with Crippen LogP contribution < -0.4 is 0 Å². The number of rotatable bonds is 4. The SMILES string of the molecule is CCC1CCCCC1C(=O)C1(OC)CCCC1.